The smallest absolute Gasteiger partial charge is 0.222 e. The fourth-order valence-corrected chi connectivity index (χ4v) is 5.77. The van der Waals surface area contributed by atoms with E-state index in [2.05, 4.69) is 22.1 Å². The van der Waals surface area contributed by atoms with Gasteiger partial charge >= 0.3 is 0 Å². The van der Waals surface area contributed by atoms with Crippen molar-refractivity contribution >= 4 is 52.7 Å². The van der Waals surface area contributed by atoms with Crippen LogP contribution in [0.5, 0.6) is 0 Å². The van der Waals surface area contributed by atoms with E-state index in [-0.39, 0.29) is 5.95 Å². The lowest BCUT2D eigenvalue weighted by atomic mass is 10.1. The third-order valence-electron chi connectivity index (χ3n) is 4.57. The minimum absolute atomic E-state index is 0.253. The summed E-state index contributed by atoms with van der Waals surface area (Å²) in [5.74, 6) is 1.62. The number of benzene rings is 3. The molecule has 0 atom stereocenters. The second-order valence-corrected chi connectivity index (χ2v) is 9.44. The predicted octanol–water partition coefficient (Wildman–Crippen LogP) is 7.62. The molecule has 1 aromatic heterocycles. The van der Waals surface area contributed by atoms with Gasteiger partial charge in [-0.25, -0.2) is 9.97 Å². The van der Waals surface area contributed by atoms with Crippen LogP contribution < -0.4 is 5.73 Å². The third-order valence-corrected chi connectivity index (χ3v) is 7.35. The van der Waals surface area contributed by atoms with Gasteiger partial charge in [0.1, 0.15) is 10.1 Å². The highest BCUT2D eigenvalue weighted by molar-refractivity contribution is 7.99. The van der Waals surface area contributed by atoms with Gasteiger partial charge in [0.2, 0.25) is 5.95 Å². The van der Waals surface area contributed by atoms with E-state index >= 15 is 0 Å². The van der Waals surface area contributed by atoms with E-state index in [9.17, 15) is 0 Å². The van der Waals surface area contributed by atoms with Crippen molar-refractivity contribution in [1.82, 2.24) is 9.97 Å². The molecular weight excluding hydrogens is 465 g/mol. The first-order valence-electron chi connectivity index (χ1n) is 9.57. The molecule has 0 bridgehead atoms. The summed E-state index contributed by atoms with van der Waals surface area (Å²) in [6, 6.07) is 25.8. The molecule has 156 valence electrons. The number of nitrogens with two attached hydrogens (primary N) is 1. The second kappa shape index (κ2) is 10.4. The molecular formula is C24H19Cl2N3S2. The second-order valence-electron chi connectivity index (χ2n) is 6.69. The maximum atomic E-state index is 6.35. The zero-order valence-electron chi connectivity index (χ0n) is 16.5. The van der Waals surface area contributed by atoms with Crippen molar-refractivity contribution in [3.05, 3.63) is 100 Å². The van der Waals surface area contributed by atoms with Gasteiger partial charge in [0.15, 0.2) is 0 Å². The minimum atomic E-state index is 0.253. The van der Waals surface area contributed by atoms with Crippen LogP contribution in [0, 0.1) is 0 Å². The molecule has 4 aromatic rings. The van der Waals surface area contributed by atoms with Crippen LogP contribution in [0.3, 0.4) is 0 Å². The Labute approximate surface area is 200 Å². The molecule has 0 spiro atoms. The highest BCUT2D eigenvalue weighted by Crippen LogP contribution is 2.40. The Bertz CT molecular complexity index is 1120. The van der Waals surface area contributed by atoms with Crippen LogP contribution in [-0.2, 0) is 11.5 Å². The van der Waals surface area contributed by atoms with Crippen LogP contribution in [0.1, 0.15) is 11.1 Å². The zero-order valence-corrected chi connectivity index (χ0v) is 19.6. The van der Waals surface area contributed by atoms with Crippen LogP contribution in [-0.4, -0.2) is 9.97 Å². The molecule has 0 aliphatic rings. The normalized spacial score (nSPS) is 10.9. The number of rotatable bonds is 7. The van der Waals surface area contributed by atoms with Crippen molar-refractivity contribution < 1.29 is 0 Å². The van der Waals surface area contributed by atoms with Crippen molar-refractivity contribution in [1.29, 1.82) is 0 Å². The first-order valence-corrected chi connectivity index (χ1v) is 12.3. The molecule has 31 heavy (non-hydrogen) atoms. The summed E-state index contributed by atoms with van der Waals surface area (Å²) in [6.07, 6.45) is 0. The van der Waals surface area contributed by atoms with E-state index < -0.39 is 0 Å². The standard InChI is InChI=1S/C24H19Cl2N3S2/c25-19-12-6-4-10-17(19)14-30-22-21(16-8-2-1-3-9-16)23(29-24(27)28-22)31-15-18-11-5-7-13-20(18)26/h1-13H,14-15H2,(H2,27,28,29). The van der Waals surface area contributed by atoms with Gasteiger partial charge in [0, 0.05) is 27.1 Å². The Kier molecular flexibility index (Phi) is 7.41. The summed E-state index contributed by atoms with van der Waals surface area (Å²) < 4.78 is 0. The molecule has 0 fully saturated rings. The van der Waals surface area contributed by atoms with Gasteiger partial charge in [0.25, 0.3) is 0 Å². The highest BCUT2D eigenvalue weighted by Gasteiger charge is 2.17. The average molecular weight is 484 g/mol. The molecule has 3 nitrogen and oxygen atoms in total. The first kappa shape index (κ1) is 22.0. The zero-order chi connectivity index (χ0) is 21.6. The molecule has 0 aliphatic carbocycles. The van der Waals surface area contributed by atoms with Gasteiger partial charge in [-0.2, -0.15) is 0 Å². The van der Waals surface area contributed by atoms with Crippen LogP contribution >= 0.6 is 46.7 Å². The number of halogens is 2. The van der Waals surface area contributed by atoms with Crippen molar-refractivity contribution in [3.8, 4) is 11.1 Å². The molecule has 7 heteroatoms. The van der Waals surface area contributed by atoms with Crippen LogP contribution in [0.4, 0.5) is 5.95 Å². The Morgan fingerprint density at radius 3 is 1.58 bits per heavy atom. The van der Waals surface area contributed by atoms with Crippen molar-refractivity contribution in [2.45, 2.75) is 21.6 Å². The molecule has 4 rings (SSSR count). The van der Waals surface area contributed by atoms with E-state index in [1.54, 1.807) is 23.5 Å². The number of nitrogen functional groups attached to an aromatic ring is 1. The molecule has 0 saturated heterocycles. The summed E-state index contributed by atoms with van der Waals surface area (Å²) in [4.78, 5) is 9.15. The fraction of sp³-hybridized carbons (Fsp3) is 0.0833. The molecule has 0 aliphatic heterocycles. The fourth-order valence-electron chi connectivity index (χ4n) is 3.02. The molecule has 0 saturated carbocycles. The average Bonchev–Trinajstić information content (AvgIpc) is 2.78. The van der Waals surface area contributed by atoms with Gasteiger partial charge in [-0.3, -0.25) is 0 Å². The number of hydrogen-bond donors (Lipinski definition) is 1. The lowest BCUT2D eigenvalue weighted by Gasteiger charge is -2.15. The van der Waals surface area contributed by atoms with E-state index in [1.165, 1.54) is 0 Å². The van der Waals surface area contributed by atoms with Gasteiger partial charge in [-0.1, -0.05) is 89.9 Å². The maximum Gasteiger partial charge on any atom is 0.222 e. The van der Waals surface area contributed by atoms with E-state index in [4.69, 9.17) is 28.9 Å². The number of aromatic nitrogens is 2. The topological polar surface area (TPSA) is 51.8 Å². The number of nitrogens with zero attached hydrogens (tertiary/aromatic N) is 2. The monoisotopic (exact) mass is 483 g/mol. The maximum absolute atomic E-state index is 6.35. The van der Waals surface area contributed by atoms with Crippen LogP contribution in [0.15, 0.2) is 88.9 Å². The molecule has 2 N–H and O–H groups in total. The Morgan fingerprint density at radius 1 is 0.645 bits per heavy atom. The molecule has 0 amide bonds. The van der Waals surface area contributed by atoms with E-state index in [0.717, 1.165) is 42.4 Å². The molecule has 3 aromatic carbocycles. The van der Waals surface area contributed by atoms with Crippen LogP contribution in [0.25, 0.3) is 11.1 Å². The van der Waals surface area contributed by atoms with Crippen molar-refractivity contribution in [2.75, 3.05) is 5.73 Å². The minimum Gasteiger partial charge on any atom is -0.368 e. The summed E-state index contributed by atoms with van der Waals surface area (Å²) in [7, 11) is 0. The molecule has 0 unspecified atom stereocenters. The van der Waals surface area contributed by atoms with Crippen molar-refractivity contribution in [2.24, 2.45) is 0 Å². The SMILES string of the molecule is Nc1nc(SCc2ccccc2Cl)c(-c2ccccc2)c(SCc2ccccc2Cl)n1. The largest absolute Gasteiger partial charge is 0.368 e. The molecule has 0 radical (unpaired) electrons. The molecule has 1 heterocycles. The predicted molar refractivity (Wildman–Crippen MR) is 134 cm³/mol. The first-order chi connectivity index (χ1) is 15.1. The van der Waals surface area contributed by atoms with Gasteiger partial charge < -0.3 is 5.73 Å². The van der Waals surface area contributed by atoms with Crippen molar-refractivity contribution in [3.63, 3.8) is 0 Å². The summed E-state index contributed by atoms with van der Waals surface area (Å²) in [5, 5.41) is 3.15. The van der Waals surface area contributed by atoms with E-state index in [0.29, 0.717) is 11.5 Å². The van der Waals surface area contributed by atoms with Gasteiger partial charge in [-0.05, 0) is 28.8 Å². The van der Waals surface area contributed by atoms with Gasteiger partial charge in [0.05, 0.1) is 0 Å². The Morgan fingerprint density at radius 2 is 1.10 bits per heavy atom. The summed E-state index contributed by atoms with van der Waals surface area (Å²) in [6.45, 7) is 0. The van der Waals surface area contributed by atoms with Crippen LogP contribution in [0.2, 0.25) is 10.0 Å². The third kappa shape index (κ3) is 5.55. The summed E-state index contributed by atoms with van der Waals surface area (Å²) >= 11 is 15.9. The quantitative estimate of drug-likeness (QED) is 0.216. The number of thioether (sulfide) groups is 2. The Hall–Kier alpha value is -2.18. The number of anilines is 1. The van der Waals surface area contributed by atoms with E-state index in [1.807, 2.05) is 66.7 Å². The highest BCUT2D eigenvalue weighted by atomic mass is 35.5. The lowest BCUT2D eigenvalue weighted by molar-refractivity contribution is 0.988. The Balaban J connectivity index is 1.70. The lowest BCUT2D eigenvalue weighted by Crippen LogP contribution is -2.02. The number of hydrogen-bond acceptors (Lipinski definition) is 5. The summed E-state index contributed by atoms with van der Waals surface area (Å²) in [5.41, 5.74) is 10.2. The van der Waals surface area contributed by atoms with Gasteiger partial charge in [-0.15, -0.1) is 23.5 Å².